The maximum atomic E-state index is 13.7. The van der Waals surface area contributed by atoms with Gasteiger partial charge < -0.3 is 50.2 Å². The van der Waals surface area contributed by atoms with Crippen LogP contribution in [-0.2, 0) is 48.4 Å². The number of ether oxygens (including phenoxy) is 2. The Labute approximate surface area is 359 Å². The summed E-state index contributed by atoms with van der Waals surface area (Å²) in [5.41, 5.74) is -1.02. The first-order valence-corrected chi connectivity index (χ1v) is 20.6. The summed E-state index contributed by atoms with van der Waals surface area (Å²) >= 11 is 0. The largest absolute Gasteiger partial charge is 1.00 e. The van der Waals surface area contributed by atoms with Gasteiger partial charge in [0, 0.05) is 76.7 Å². The second kappa shape index (κ2) is 24.9. The summed E-state index contributed by atoms with van der Waals surface area (Å²) in [5, 5.41) is 38.0. The van der Waals surface area contributed by atoms with Gasteiger partial charge in [0.1, 0.15) is 30.2 Å². The average molecular weight is 845 g/mol. The third-order valence-electron chi connectivity index (χ3n) is 9.34. The number of rotatable bonds is 23. The van der Waals surface area contributed by atoms with Crippen LogP contribution in [-0.4, -0.2) is 144 Å². The van der Waals surface area contributed by atoms with Crippen molar-refractivity contribution in [1.29, 1.82) is 0 Å². The van der Waals surface area contributed by atoms with Crippen molar-refractivity contribution >= 4 is 45.3 Å². The second-order valence-electron chi connectivity index (χ2n) is 16.9. The summed E-state index contributed by atoms with van der Waals surface area (Å²) < 4.78 is 42.8. The number of amides is 4. The van der Waals surface area contributed by atoms with Crippen molar-refractivity contribution in [3.8, 4) is 0 Å². The molecule has 0 aliphatic carbocycles. The van der Waals surface area contributed by atoms with Gasteiger partial charge >= 0.3 is 29.6 Å². The van der Waals surface area contributed by atoms with Crippen molar-refractivity contribution < 1.29 is 96.1 Å². The van der Waals surface area contributed by atoms with Crippen molar-refractivity contribution in [2.75, 3.05) is 39.0 Å². The predicted molar refractivity (Wildman–Crippen MR) is 202 cm³/mol. The number of hydrogen-bond donors (Lipinski definition) is 6. The number of nitrogens with zero attached hydrogens (tertiary/aromatic N) is 1. The summed E-state index contributed by atoms with van der Waals surface area (Å²) in [5.74, 6) is -4.72. The van der Waals surface area contributed by atoms with E-state index in [1.165, 1.54) is 12.0 Å². The number of nitrogens with one attached hydrogen (secondary N) is 3. The van der Waals surface area contributed by atoms with Crippen molar-refractivity contribution in [2.45, 2.75) is 137 Å². The molecule has 0 aromatic carbocycles. The third kappa shape index (κ3) is 21.1. The van der Waals surface area contributed by atoms with Crippen LogP contribution in [0.4, 0.5) is 0 Å². The van der Waals surface area contributed by atoms with Crippen LogP contribution in [0.15, 0.2) is 0 Å². The standard InChI is InChI=1S/C37H66N4O14S.Na/c1-22(2)30(40-28(45)14-17-41(18-15-36(3,4)5)29(46)13-12-26(43)38-16-19-56(51,52)53)24(42)20-23(34(50)37(6,7)8)10-11-27(44)39-21-25-31(47)32(48)33(49)35(54-9)55-25;/h22-23,25,30-33,35,47-49H,10-21H2,1-9H3,(H,38,43)(H,39,44)(H,40,45)(H,51,52,53);/q;+1/p-1/t23-,25-,30+,31-,32+,33-,35-;/m1./s1. The van der Waals surface area contributed by atoms with Gasteiger partial charge in [-0.25, -0.2) is 8.42 Å². The summed E-state index contributed by atoms with van der Waals surface area (Å²) in [4.78, 5) is 80.0. The molecule has 324 valence electrons. The number of Topliss-reactive ketones (excluding diaryl/α,β-unsaturated/α-hetero) is 2. The number of hydrogen-bond acceptors (Lipinski definition) is 14. The fraction of sp³-hybridized carbons (Fsp3) is 0.838. The van der Waals surface area contributed by atoms with Crippen molar-refractivity contribution in [1.82, 2.24) is 20.9 Å². The van der Waals surface area contributed by atoms with E-state index in [2.05, 4.69) is 16.0 Å². The van der Waals surface area contributed by atoms with E-state index in [0.29, 0.717) is 6.42 Å². The van der Waals surface area contributed by atoms with E-state index in [4.69, 9.17) is 9.47 Å². The fourth-order valence-electron chi connectivity index (χ4n) is 5.91. The van der Waals surface area contributed by atoms with Gasteiger partial charge in [-0.1, -0.05) is 55.4 Å². The summed E-state index contributed by atoms with van der Waals surface area (Å²) in [7, 11) is -3.26. The summed E-state index contributed by atoms with van der Waals surface area (Å²) in [6, 6.07) is -0.979. The molecule has 18 nitrogen and oxygen atoms in total. The fourth-order valence-corrected chi connectivity index (χ4v) is 6.26. The molecule has 20 heteroatoms. The summed E-state index contributed by atoms with van der Waals surface area (Å²) in [6.45, 7) is 14.2. The van der Waals surface area contributed by atoms with E-state index in [0.717, 1.165) is 0 Å². The Balaban J connectivity index is 0.0000314. The number of carbonyl (C=O) groups excluding carboxylic acids is 6. The zero-order valence-electron chi connectivity index (χ0n) is 35.3. The van der Waals surface area contributed by atoms with Crippen LogP contribution >= 0.6 is 0 Å². The molecule has 1 aliphatic rings. The van der Waals surface area contributed by atoms with Crippen LogP contribution in [0.1, 0.15) is 100 Å². The van der Waals surface area contributed by atoms with E-state index < -0.39 is 93.4 Å². The number of carbonyl (C=O) groups is 6. The third-order valence-corrected chi connectivity index (χ3v) is 10.0. The number of aliphatic hydroxyl groups is 3. The van der Waals surface area contributed by atoms with E-state index in [1.807, 2.05) is 20.8 Å². The molecule has 0 bridgehead atoms. The normalized spacial score (nSPS) is 21.1. The van der Waals surface area contributed by atoms with Crippen LogP contribution < -0.4 is 45.5 Å². The van der Waals surface area contributed by atoms with Gasteiger partial charge in [-0.3, -0.25) is 28.8 Å². The topological polar surface area (TPSA) is 278 Å². The smallest absolute Gasteiger partial charge is 0.748 e. The Morgan fingerprint density at radius 2 is 1.44 bits per heavy atom. The monoisotopic (exact) mass is 844 g/mol. The molecule has 57 heavy (non-hydrogen) atoms. The molecule has 0 spiro atoms. The van der Waals surface area contributed by atoms with Gasteiger partial charge in [0.15, 0.2) is 12.1 Å². The van der Waals surface area contributed by atoms with Crippen molar-refractivity contribution in [3.05, 3.63) is 0 Å². The zero-order chi connectivity index (χ0) is 43.2. The SMILES string of the molecule is CO[C@@H]1O[C@H](CNC(=O)CC[C@H](CC(=O)[C@@H](NC(=O)CCN(CCC(C)(C)C)C(=O)CCC(=O)NCCS(=O)(=O)[O-])C(C)C)C(=O)C(C)(C)C)[C@@H](O)[C@H](O)[C@H]1O.[Na+]. The molecule has 6 N–H and O–H groups in total. The van der Waals surface area contributed by atoms with E-state index in [-0.39, 0.29) is 111 Å². The Hall–Kier alpha value is -2.07. The molecule has 0 aromatic heterocycles. The van der Waals surface area contributed by atoms with Gasteiger partial charge in [0.2, 0.25) is 23.6 Å². The van der Waals surface area contributed by atoms with Crippen molar-refractivity contribution in [2.24, 2.45) is 22.7 Å². The Bertz CT molecular complexity index is 1450. The minimum Gasteiger partial charge on any atom is -0.748 e. The molecule has 4 amide bonds. The number of ketones is 2. The van der Waals surface area contributed by atoms with Gasteiger partial charge in [-0.15, -0.1) is 0 Å². The molecule has 1 fully saturated rings. The van der Waals surface area contributed by atoms with Gasteiger partial charge in [0.05, 0.1) is 21.9 Å². The van der Waals surface area contributed by atoms with Crippen LogP contribution in [0, 0.1) is 22.7 Å². The van der Waals surface area contributed by atoms with Crippen LogP contribution in [0.3, 0.4) is 0 Å². The minimum absolute atomic E-state index is 0. The molecular formula is C37H65N4NaO14S. The molecule has 0 aromatic rings. The van der Waals surface area contributed by atoms with Gasteiger partial charge in [-0.05, 0) is 24.2 Å². The average Bonchev–Trinajstić information content (AvgIpc) is 3.07. The number of methoxy groups -OCH3 is 1. The first-order chi connectivity index (χ1) is 25.7. The zero-order valence-corrected chi connectivity index (χ0v) is 38.1. The number of aliphatic hydroxyl groups excluding tert-OH is 3. The van der Waals surface area contributed by atoms with E-state index in [9.17, 15) is 57.1 Å². The van der Waals surface area contributed by atoms with E-state index >= 15 is 0 Å². The quantitative estimate of drug-likeness (QED) is 0.0436. The molecule has 1 heterocycles. The molecule has 1 rings (SSSR count). The molecule has 0 unspecified atom stereocenters. The molecule has 7 atom stereocenters. The second-order valence-corrected chi connectivity index (χ2v) is 18.4. The van der Waals surface area contributed by atoms with Crippen LogP contribution in [0.2, 0.25) is 0 Å². The van der Waals surface area contributed by atoms with Gasteiger partial charge in [-0.2, -0.15) is 0 Å². The Morgan fingerprint density at radius 3 is 1.96 bits per heavy atom. The first-order valence-electron chi connectivity index (χ1n) is 19.0. The van der Waals surface area contributed by atoms with Crippen molar-refractivity contribution in [3.63, 3.8) is 0 Å². The maximum Gasteiger partial charge on any atom is 1.00 e. The molecular weight excluding hydrogens is 779 g/mol. The molecule has 1 saturated heterocycles. The van der Waals surface area contributed by atoms with Crippen LogP contribution in [0.5, 0.6) is 0 Å². The van der Waals surface area contributed by atoms with Gasteiger partial charge in [0.25, 0.3) is 0 Å². The summed E-state index contributed by atoms with van der Waals surface area (Å²) in [6.07, 6.45) is -7.35. The first kappa shape index (κ1) is 54.9. The van der Waals surface area contributed by atoms with Crippen LogP contribution in [0.25, 0.3) is 0 Å². The Morgan fingerprint density at radius 1 is 0.842 bits per heavy atom. The Kier molecular flexibility index (Phi) is 24.0. The minimum atomic E-state index is -4.51. The molecule has 0 radical (unpaired) electrons. The maximum absolute atomic E-state index is 13.7. The van der Waals surface area contributed by atoms with E-state index in [1.54, 1.807) is 34.6 Å². The molecule has 1 aliphatic heterocycles. The predicted octanol–water partition coefficient (Wildman–Crippen LogP) is -3.23. The molecule has 0 saturated carbocycles.